The molecule has 0 aliphatic carbocycles. The van der Waals surface area contributed by atoms with E-state index in [1.165, 1.54) is 6.42 Å². The van der Waals surface area contributed by atoms with Crippen molar-refractivity contribution in [3.63, 3.8) is 0 Å². The number of nitrogens with two attached hydrogens (primary N) is 1. The zero-order valence-electron chi connectivity index (χ0n) is 10.8. The lowest BCUT2D eigenvalue weighted by atomic mass is 9.92. The Morgan fingerprint density at radius 3 is 2.53 bits per heavy atom. The molecule has 4 nitrogen and oxygen atoms in total. The fourth-order valence-electron chi connectivity index (χ4n) is 2.63. The van der Waals surface area contributed by atoms with Crippen LogP contribution in [0.15, 0.2) is 12.1 Å². The highest BCUT2D eigenvalue weighted by molar-refractivity contribution is 5.54. The van der Waals surface area contributed by atoms with Crippen molar-refractivity contribution >= 4 is 11.5 Å². The summed E-state index contributed by atoms with van der Waals surface area (Å²) in [5.41, 5.74) is 6.37. The van der Waals surface area contributed by atoms with E-state index in [4.69, 9.17) is 10.5 Å². The summed E-state index contributed by atoms with van der Waals surface area (Å²) in [5.74, 6) is 2.91. The molecule has 17 heavy (non-hydrogen) atoms. The molecule has 1 aliphatic heterocycles. The number of nitrogens with zero attached hydrogens (tertiary/aromatic N) is 2. The van der Waals surface area contributed by atoms with Crippen LogP contribution in [0.25, 0.3) is 0 Å². The predicted molar refractivity (Wildman–Crippen MR) is 70.4 cm³/mol. The van der Waals surface area contributed by atoms with Gasteiger partial charge in [-0.05, 0) is 30.4 Å². The van der Waals surface area contributed by atoms with E-state index >= 15 is 0 Å². The lowest BCUT2D eigenvalue weighted by Crippen LogP contribution is -2.39. The van der Waals surface area contributed by atoms with E-state index in [1.807, 2.05) is 12.1 Å². The number of hydrogen-bond donors (Lipinski definition) is 1. The van der Waals surface area contributed by atoms with Crippen LogP contribution in [-0.4, -0.2) is 25.2 Å². The van der Waals surface area contributed by atoms with Gasteiger partial charge in [-0.2, -0.15) is 4.98 Å². The fraction of sp³-hybridized carbons (Fsp3) is 0.615. The first-order valence-corrected chi connectivity index (χ1v) is 6.15. The Labute approximate surface area is 103 Å². The third-order valence-corrected chi connectivity index (χ3v) is 3.26. The van der Waals surface area contributed by atoms with Crippen molar-refractivity contribution in [2.24, 2.45) is 11.8 Å². The van der Waals surface area contributed by atoms with Crippen molar-refractivity contribution in [3.8, 4) is 5.88 Å². The Bertz CT molecular complexity index is 384. The number of methoxy groups -OCH3 is 1. The van der Waals surface area contributed by atoms with Gasteiger partial charge in [0, 0.05) is 13.1 Å². The molecule has 4 heteroatoms. The number of nitrogen functional groups attached to an aromatic ring is 1. The van der Waals surface area contributed by atoms with Crippen molar-refractivity contribution in [2.75, 3.05) is 30.8 Å². The molecule has 1 fully saturated rings. The zero-order chi connectivity index (χ0) is 12.4. The van der Waals surface area contributed by atoms with Gasteiger partial charge in [0.15, 0.2) is 0 Å². The third-order valence-electron chi connectivity index (χ3n) is 3.26. The molecule has 0 saturated carbocycles. The maximum Gasteiger partial charge on any atom is 0.238 e. The number of aromatic nitrogens is 1. The van der Waals surface area contributed by atoms with E-state index in [9.17, 15) is 0 Å². The summed E-state index contributed by atoms with van der Waals surface area (Å²) in [6.07, 6.45) is 1.29. The Balaban J connectivity index is 2.21. The summed E-state index contributed by atoms with van der Waals surface area (Å²) < 4.78 is 5.17. The summed E-state index contributed by atoms with van der Waals surface area (Å²) in [7, 11) is 1.60. The summed E-state index contributed by atoms with van der Waals surface area (Å²) >= 11 is 0. The Kier molecular flexibility index (Phi) is 3.41. The molecule has 0 spiro atoms. The predicted octanol–water partition coefficient (Wildman–Crippen LogP) is 2.15. The van der Waals surface area contributed by atoms with Gasteiger partial charge in [-0.25, -0.2) is 0 Å². The first kappa shape index (κ1) is 12.0. The van der Waals surface area contributed by atoms with E-state index in [2.05, 4.69) is 23.7 Å². The maximum atomic E-state index is 5.78. The molecule has 2 rings (SSSR count). The van der Waals surface area contributed by atoms with Gasteiger partial charge >= 0.3 is 0 Å². The van der Waals surface area contributed by atoms with Crippen molar-refractivity contribution in [1.82, 2.24) is 4.98 Å². The zero-order valence-corrected chi connectivity index (χ0v) is 10.8. The quantitative estimate of drug-likeness (QED) is 0.853. The molecular weight excluding hydrogens is 214 g/mol. The van der Waals surface area contributed by atoms with Gasteiger partial charge in [-0.15, -0.1) is 0 Å². The van der Waals surface area contributed by atoms with Crippen LogP contribution in [0.5, 0.6) is 5.88 Å². The Morgan fingerprint density at radius 2 is 1.94 bits per heavy atom. The average Bonchev–Trinajstić information content (AvgIpc) is 2.28. The van der Waals surface area contributed by atoms with Gasteiger partial charge in [0.05, 0.1) is 12.8 Å². The highest BCUT2D eigenvalue weighted by atomic mass is 16.5. The normalized spacial score (nSPS) is 24.8. The summed E-state index contributed by atoms with van der Waals surface area (Å²) in [5, 5.41) is 0. The number of rotatable bonds is 2. The summed E-state index contributed by atoms with van der Waals surface area (Å²) in [6.45, 7) is 6.70. The van der Waals surface area contributed by atoms with Gasteiger partial charge in [0.2, 0.25) is 5.88 Å². The van der Waals surface area contributed by atoms with Crippen LogP contribution in [0.3, 0.4) is 0 Å². The molecule has 2 N–H and O–H groups in total. The molecule has 1 aromatic heterocycles. The van der Waals surface area contributed by atoms with Crippen LogP contribution in [-0.2, 0) is 0 Å². The number of hydrogen-bond acceptors (Lipinski definition) is 4. The monoisotopic (exact) mass is 235 g/mol. The minimum absolute atomic E-state index is 0.522. The van der Waals surface area contributed by atoms with Crippen LogP contribution in [0.2, 0.25) is 0 Å². The molecule has 1 aromatic rings. The maximum absolute atomic E-state index is 5.78. The number of piperidine rings is 1. The van der Waals surface area contributed by atoms with Gasteiger partial charge in [-0.3, -0.25) is 0 Å². The van der Waals surface area contributed by atoms with Crippen LogP contribution >= 0.6 is 0 Å². The van der Waals surface area contributed by atoms with Crippen molar-refractivity contribution in [2.45, 2.75) is 20.3 Å². The molecule has 1 aliphatic rings. The Hall–Kier alpha value is -1.45. The molecule has 0 amide bonds. The molecule has 2 atom stereocenters. The topological polar surface area (TPSA) is 51.4 Å². The highest BCUT2D eigenvalue weighted by Gasteiger charge is 2.23. The second-order valence-electron chi connectivity index (χ2n) is 5.12. The number of anilines is 2. The van der Waals surface area contributed by atoms with E-state index < -0.39 is 0 Å². The molecule has 0 radical (unpaired) electrons. The molecular formula is C13H21N3O. The fourth-order valence-corrected chi connectivity index (χ4v) is 2.63. The van der Waals surface area contributed by atoms with Gasteiger partial charge < -0.3 is 15.4 Å². The third kappa shape index (κ3) is 2.62. The van der Waals surface area contributed by atoms with Crippen LogP contribution < -0.4 is 15.4 Å². The average molecular weight is 235 g/mol. The second-order valence-corrected chi connectivity index (χ2v) is 5.12. The molecule has 1 saturated heterocycles. The van der Waals surface area contributed by atoms with Crippen LogP contribution in [0, 0.1) is 11.8 Å². The number of ether oxygens (including phenoxy) is 1. The first-order valence-electron chi connectivity index (χ1n) is 6.15. The largest absolute Gasteiger partial charge is 0.479 e. The highest BCUT2D eigenvalue weighted by Crippen LogP contribution is 2.28. The van der Waals surface area contributed by atoms with Gasteiger partial charge in [0.1, 0.15) is 5.82 Å². The van der Waals surface area contributed by atoms with E-state index in [1.54, 1.807) is 7.11 Å². The van der Waals surface area contributed by atoms with Gasteiger partial charge in [0.25, 0.3) is 0 Å². The van der Waals surface area contributed by atoms with Crippen molar-refractivity contribution in [1.29, 1.82) is 0 Å². The summed E-state index contributed by atoms with van der Waals surface area (Å²) in [4.78, 5) is 6.78. The standard InChI is InChI=1S/C13H21N3O/c1-9-6-10(2)8-16(7-9)12-5-4-11(14)13(15-12)17-3/h4-5,9-10H,6-8,14H2,1-3H3. The number of pyridine rings is 1. The molecule has 94 valence electrons. The molecule has 0 aromatic carbocycles. The lowest BCUT2D eigenvalue weighted by Gasteiger charge is -2.35. The smallest absolute Gasteiger partial charge is 0.238 e. The van der Waals surface area contributed by atoms with Gasteiger partial charge in [-0.1, -0.05) is 13.8 Å². The van der Waals surface area contributed by atoms with E-state index in [0.717, 1.165) is 18.9 Å². The van der Waals surface area contributed by atoms with Crippen LogP contribution in [0.1, 0.15) is 20.3 Å². The summed E-state index contributed by atoms with van der Waals surface area (Å²) in [6, 6.07) is 3.84. The Morgan fingerprint density at radius 1 is 1.29 bits per heavy atom. The first-order chi connectivity index (χ1) is 8.10. The van der Waals surface area contributed by atoms with E-state index in [0.29, 0.717) is 23.4 Å². The SMILES string of the molecule is COc1nc(N2CC(C)CC(C)C2)ccc1N. The van der Waals surface area contributed by atoms with Crippen LogP contribution in [0.4, 0.5) is 11.5 Å². The van der Waals surface area contributed by atoms with E-state index in [-0.39, 0.29) is 0 Å². The van der Waals surface area contributed by atoms with Crippen molar-refractivity contribution < 1.29 is 4.74 Å². The van der Waals surface area contributed by atoms with Crippen molar-refractivity contribution in [3.05, 3.63) is 12.1 Å². The minimum Gasteiger partial charge on any atom is -0.479 e. The second kappa shape index (κ2) is 4.82. The lowest BCUT2D eigenvalue weighted by molar-refractivity contribution is 0.353. The molecule has 0 bridgehead atoms. The molecule has 2 unspecified atom stereocenters. The molecule has 2 heterocycles. The minimum atomic E-state index is 0.522.